The Hall–Kier alpha value is -1.15. The van der Waals surface area contributed by atoms with Crippen molar-refractivity contribution in [2.45, 2.75) is 33.2 Å². The maximum absolute atomic E-state index is 11.7. The van der Waals surface area contributed by atoms with Gasteiger partial charge in [-0.05, 0) is 18.6 Å². The number of imidazole rings is 1. The average Bonchev–Trinajstić information content (AvgIpc) is 2.86. The number of fused-ring (bicyclic) bond motifs is 1. The molecule has 0 amide bonds. The van der Waals surface area contributed by atoms with E-state index in [1.54, 1.807) is 11.6 Å². The van der Waals surface area contributed by atoms with E-state index in [-0.39, 0.29) is 11.5 Å². The Kier molecular flexibility index (Phi) is 4.33. The zero-order chi connectivity index (χ0) is 14.9. The molecule has 0 saturated heterocycles. The molecule has 0 fully saturated rings. The van der Waals surface area contributed by atoms with E-state index >= 15 is 0 Å². The Labute approximate surface area is 123 Å². The van der Waals surface area contributed by atoms with E-state index in [1.165, 1.54) is 0 Å². The average molecular weight is 316 g/mol. The normalized spacial score (nSPS) is 12.3. The lowest BCUT2D eigenvalue weighted by atomic mass is 10.2. The molecule has 0 unspecified atom stereocenters. The topological polar surface area (TPSA) is 72.7 Å². The van der Waals surface area contributed by atoms with Crippen LogP contribution in [0.15, 0.2) is 0 Å². The van der Waals surface area contributed by atoms with Crippen molar-refractivity contribution >= 4 is 33.2 Å². The van der Waals surface area contributed by atoms with Crippen LogP contribution in [0.4, 0.5) is 0 Å². The van der Waals surface area contributed by atoms with Gasteiger partial charge in [-0.15, -0.1) is 0 Å². The number of aryl methyl sites for hydroxylation is 3. The number of nitrogens with one attached hydrogen (secondary N) is 1. The van der Waals surface area contributed by atoms with E-state index in [9.17, 15) is 8.42 Å². The summed E-state index contributed by atoms with van der Waals surface area (Å²) in [5.41, 5.74) is 2.77. The first kappa shape index (κ1) is 15.2. The number of nitrogens with zero attached hydrogens (tertiary/aromatic N) is 3. The number of hydrogen-bond donors (Lipinski definition) is 1. The van der Waals surface area contributed by atoms with Gasteiger partial charge >= 0.3 is 0 Å². The molecule has 0 atom stereocenters. The van der Waals surface area contributed by atoms with Gasteiger partial charge in [0.1, 0.15) is 5.52 Å². The van der Waals surface area contributed by atoms with Crippen LogP contribution in [0.2, 0.25) is 0 Å². The fourth-order valence-corrected chi connectivity index (χ4v) is 3.30. The molecule has 2 aromatic rings. The van der Waals surface area contributed by atoms with Crippen LogP contribution in [-0.2, 0) is 29.9 Å². The molecule has 0 aliphatic rings. The lowest BCUT2D eigenvalue weighted by molar-refractivity contribution is 0.589. The summed E-state index contributed by atoms with van der Waals surface area (Å²) in [6, 6.07) is 0. The molecule has 2 aromatic heterocycles. The minimum atomic E-state index is -3.01. The Balaban J connectivity index is 2.44. The molecule has 0 aromatic carbocycles. The van der Waals surface area contributed by atoms with Crippen molar-refractivity contribution in [1.29, 1.82) is 0 Å². The first-order valence-electron chi connectivity index (χ1n) is 6.74. The van der Waals surface area contributed by atoms with Gasteiger partial charge < -0.3 is 9.55 Å². The summed E-state index contributed by atoms with van der Waals surface area (Å²) in [6.45, 7) is 4.12. The predicted octanol–water partition coefficient (Wildman–Crippen LogP) is 1.82. The highest BCUT2D eigenvalue weighted by Crippen LogP contribution is 2.19. The second kappa shape index (κ2) is 5.69. The van der Waals surface area contributed by atoms with Crippen molar-refractivity contribution in [2.24, 2.45) is 7.05 Å². The molecule has 0 aliphatic heterocycles. The van der Waals surface area contributed by atoms with Crippen LogP contribution in [0, 0.1) is 4.77 Å². The molecule has 1 N–H and O–H groups in total. The molecule has 2 rings (SSSR count). The van der Waals surface area contributed by atoms with Crippen LogP contribution in [-0.4, -0.2) is 39.3 Å². The number of sulfone groups is 1. The van der Waals surface area contributed by atoms with E-state index in [0.29, 0.717) is 11.3 Å². The van der Waals surface area contributed by atoms with Crippen molar-refractivity contribution in [2.75, 3.05) is 11.5 Å². The second-order valence-electron chi connectivity index (χ2n) is 4.84. The number of aromatic nitrogens is 4. The first-order valence-corrected chi connectivity index (χ1v) is 8.97. The van der Waals surface area contributed by atoms with Crippen molar-refractivity contribution in [1.82, 2.24) is 19.3 Å². The molecule has 8 heteroatoms. The fourth-order valence-electron chi connectivity index (χ4n) is 2.27. The Morgan fingerprint density at radius 3 is 2.65 bits per heavy atom. The highest BCUT2D eigenvalue weighted by Gasteiger charge is 2.16. The van der Waals surface area contributed by atoms with Gasteiger partial charge in [0.2, 0.25) is 0 Å². The largest absolute Gasteiger partial charge is 0.328 e. The summed E-state index contributed by atoms with van der Waals surface area (Å²) >= 11 is 5.31. The molecule has 2 heterocycles. The lowest BCUT2D eigenvalue weighted by Crippen LogP contribution is -2.15. The van der Waals surface area contributed by atoms with Crippen molar-refractivity contribution in [3.63, 3.8) is 0 Å². The molecule has 0 saturated carbocycles. The summed E-state index contributed by atoms with van der Waals surface area (Å²) in [5, 5.41) is 4.47. The maximum Gasteiger partial charge on any atom is 0.179 e. The maximum atomic E-state index is 11.7. The van der Waals surface area contributed by atoms with E-state index in [4.69, 9.17) is 12.2 Å². The monoisotopic (exact) mass is 316 g/mol. The molecule has 0 bridgehead atoms. The van der Waals surface area contributed by atoms with Crippen molar-refractivity contribution < 1.29 is 8.42 Å². The molecular formula is C12H20N4O2S2. The fraction of sp³-hybridized carbons (Fsp3) is 0.667. The van der Waals surface area contributed by atoms with Gasteiger partial charge in [0, 0.05) is 19.3 Å². The summed E-state index contributed by atoms with van der Waals surface area (Å²) in [4.78, 5) is 3.16. The van der Waals surface area contributed by atoms with Gasteiger partial charge in [-0.3, -0.25) is 4.68 Å². The van der Waals surface area contributed by atoms with Crippen LogP contribution in [0.3, 0.4) is 0 Å². The van der Waals surface area contributed by atoms with Crippen molar-refractivity contribution in [3.05, 3.63) is 10.5 Å². The third-order valence-corrected chi connectivity index (χ3v) is 5.38. The summed E-state index contributed by atoms with van der Waals surface area (Å²) in [6.07, 6.45) is 1.88. The summed E-state index contributed by atoms with van der Waals surface area (Å²) in [7, 11) is -1.15. The molecule has 0 aliphatic carbocycles. The zero-order valence-electron chi connectivity index (χ0n) is 12.0. The van der Waals surface area contributed by atoms with Gasteiger partial charge in [0.15, 0.2) is 20.3 Å². The molecule has 6 nitrogen and oxygen atoms in total. The van der Waals surface area contributed by atoms with E-state index in [0.717, 1.165) is 29.7 Å². The quantitative estimate of drug-likeness (QED) is 0.825. The smallest absolute Gasteiger partial charge is 0.179 e. The number of H-pyrrole nitrogens is 1. The number of aromatic amines is 1. The first-order chi connectivity index (χ1) is 9.39. The van der Waals surface area contributed by atoms with Crippen LogP contribution in [0.25, 0.3) is 11.2 Å². The minimum absolute atomic E-state index is 0.0963. The third kappa shape index (κ3) is 2.80. The van der Waals surface area contributed by atoms with E-state index < -0.39 is 9.84 Å². The summed E-state index contributed by atoms with van der Waals surface area (Å²) in [5.74, 6) is 0.249. The van der Waals surface area contributed by atoms with Gasteiger partial charge in [-0.1, -0.05) is 20.3 Å². The van der Waals surface area contributed by atoms with Gasteiger partial charge in [-0.2, -0.15) is 5.10 Å². The Morgan fingerprint density at radius 1 is 1.35 bits per heavy atom. The van der Waals surface area contributed by atoms with Crippen LogP contribution < -0.4 is 0 Å². The lowest BCUT2D eigenvalue weighted by Gasteiger charge is -2.04. The van der Waals surface area contributed by atoms with Crippen LogP contribution >= 0.6 is 12.2 Å². The number of rotatable bonds is 6. The third-order valence-electron chi connectivity index (χ3n) is 3.37. The van der Waals surface area contributed by atoms with Crippen LogP contribution in [0.5, 0.6) is 0 Å². The van der Waals surface area contributed by atoms with Gasteiger partial charge in [-0.25, -0.2) is 8.42 Å². The Morgan fingerprint density at radius 2 is 2.05 bits per heavy atom. The molecule has 20 heavy (non-hydrogen) atoms. The standard InChI is InChI=1S/C12H20N4O2S2/c1-4-6-9-10-11(15(3)14-9)16(12(19)13-10)7-8-20(17,18)5-2/h4-8H2,1-3H3,(H,13,19). The molecule has 0 radical (unpaired) electrons. The van der Waals surface area contributed by atoms with E-state index in [2.05, 4.69) is 17.0 Å². The minimum Gasteiger partial charge on any atom is -0.328 e. The highest BCUT2D eigenvalue weighted by molar-refractivity contribution is 7.91. The molecular weight excluding hydrogens is 296 g/mol. The number of hydrogen-bond acceptors (Lipinski definition) is 4. The molecule has 112 valence electrons. The highest BCUT2D eigenvalue weighted by atomic mass is 32.2. The van der Waals surface area contributed by atoms with Crippen LogP contribution in [0.1, 0.15) is 26.0 Å². The second-order valence-corrected chi connectivity index (χ2v) is 7.70. The van der Waals surface area contributed by atoms with Crippen molar-refractivity contribution in [3.8, 4) is 0 Å². The van der Waals surface area contributed by atoms with Gasteiger partial charge in [0.25, 0.3) is 0 Å². The Bertz CT molecular complexity index is 767. The SMILES string of the molecule is CCCc1nn(C)c2c1[nH]c(=S)n2CCS(=O)(=O)CC. The van der Waals surface area contributed by atoms with Gasteiger partial charge in [0.05, 0.1) is 11.4 Å². The zero-order valence-corrected chi connectivity index (χ0v) is 13.6. The van der Waals surface area contributed by atoms with E-state index in [1.807, 2.05) is 11.6 Å². The predicted molar refractivity (Wildman–Crippen MR) is 82.2 cm³/mol. The summed E-state index contributed by atoms with van der Waals surface area (Å²) < 4.78 is 27.5. The molecule has 0 spiro atoms.